The molecule has 0 radical (unpaired) electrons. The molecule has 0 spiro atoms. The maximum atomic E-state index is 16.8. The van der Waals surface area contributed by atoms with Gasteiger partial charge in [-0.15, -0.1) is 0 Å². The third-order valence-corrected chi connectivity index (χ3v) is 8.67. The van der Waals surface area contributed by atoms with E-state index in [0.717, 1.165) is 0 Å². The second-order valence-electron chi connectivity index (χ2n) is 9.58. The van der Waals surface area contributed by atoms with Gasteiger partial charge in [0.2, 0.25) is 0 Å². The van der Waals surface area contributed by atoms with Crippen LogP contribution in [0.3, 0.4) is 0 Å². The Morgan fingerprint density at radius 1 is 1.26 bits per heavy atom. The van der Waals surface area contributed by atoms with Gasteiger partial charge in [0.15, 0.2) is 11.5 Å². The lowest BCUT2D eigenvalue weighted by atomic mass is 9.44. The molecule has 0 aromatic rings. The van der Waals surface area contributed by atoms with E-state index < -0.39 is 46.9 Å². The van der Waals surface area contributed by atoms with Crippen molar-refractivity contribution in [2.24, 2.45) is 28.6 Å². The molecule has 3 fully saturated rings. The number of halogens is 2. The number of rotatable bonds is 1. The Hall–Kier alpha value is -1.11. The smallest absolute Gasteiger partial charge is 0.178 e. The average molecular weight is 382 g/mol. The third-order valence-electron chi connectivity index (χ3n) is 8.67. The van der Waals surface area contributed by atoms with E-state index in [4.69, 9.17) is 0 Å². The van der Waals surface area contributed by atoms with Gasteiger partial charge in [-0.25, -0.2) is 8.78 Å². The summed E-state index contributed by atoms with van der Waals surface area (Å²) < 4.78 is 31.9. The zero-order valence-corrected chi connectivity index (χ0v) is 16.0. The van der Waals surface area contributed by atoms with Crippen LogP contribution in [0.4, 0.5) is 8.78 Å². The number of ketones is 1. The molecule has 3 saturated carbocycles. The Morgan fingerprint density at radius 3 is 2.56 bits per heavy atom. The van der Waals surface area contributed by atoms with Crippen LogP contribution < -0.4 is 0 Å². The van der Waals surface area contributed by atoms with Crippen molar-refractivity contribution in [3.8, 4) is 0 Å². The summed E-state index contributed by atoms with van der Waals surface area (Å²) in [4.78, 5) is 11.8. The normalized spacial score (nSPS) is 57.0. The molecule has 0 aromatic heterocycles. The topological polar surface area (TPSA) is 77.8 Å². The quantitative estimate of drug-likeness (QED) is 0.650. The summed E-state index contributed by atoms with van der Waals surface area (Å²) in [5, 5.41) is 32.1. The summed E-state index contributed by atoms with van der Waals surface area (Å²) >= 11 is 0. The fourth-order valence-corrected chi connectivity index (χ4v) is 6.96. The van der Waals surface area contributed by atoms with Crippen LogP contribution in [0.1, 0.15) is 40.0 Å². The highest BCUT2D eigenvalue weighted by molar-refractivity contribution is 6.01. The molecule has 4 rings (SSSR count). The molecule has 0 heterocycles. The first-order chi connectivity index (χ1) is 12.5. The van der Waals surface area contributed by atoms with Crippen molar-refractivity contribution in [1.29, 1.82) is 0 Å². The summed E-state index contributed by atoms with van der Waals surface area (Å²) in [6, 6.07) is 0. The Morgan fingerprint density at radius 2 is 1.93 bits per heavy atom. The molecule has 0 saturated heterocycles. The van der Waals surface area contributed by atoms with Crippen molar-refractivity contribution < 1.29 is 28.9 Å². The second kappa shape index (κ2) is 5.49. The molecule has 9 atom stereocenters. The minimum absolute atomic E-state index is 0.0202. The summed E-state index contributed by atoms with van der Waals surface area (Å²) in [5.41, 5.74) is -5.80. The van der Waals surface area contributed by atoms with Gasteiger partial charge in [0.1, 0.15) is 6.17 Å². The zero-order chi connectivity index (χ0) is 20.0. The van der Waals surface area contributed by atoms with Crippen molar-refractivity contribution in [2.75, 3.05) is 6.61 Å². The second-order valence-corrected chi connectivity index (χ2v) is 9.58. The van der Waals surface area contributed by atoms with Gasteiger partial charge in [0.25, 0.3) is 0 Å². The lowest BCUT2D eigenvalue weighted by molar-refractivity contribution is -0.230. The number of fused-ring (bicyclic) bond motifs is 5. The van der Waals surface area contributed by atoms with E-state index in [1.807, 2.05) is 6.92 Å². The van der Waals surface area contributed by atoms with E-state index in [0.29, 0.717) is 6.42 Å². The largest absolute Gasteiger partial charge is 0.393 e. The van der Waals surface area contributed by atoms with Gasteiger partial charge in [0.05, 0.1) is 18.3 Å². The van der Waals surface area contributed by atoms with Gasteiger partial charge >= 0.3 is 0 Å². The third kappa shape index (κ3) is 1.99. The number of hydrogen-bond acceptors (Lipinski definition) is 4. The van der Waals surface area contributed by atoms with Gasteiger partial charge in [-0.3, -0.25) is 4.79 Å². The predicted octanol–water partition coefficient (Wildman–Crippen LogP) is 2.27. The molecule has 4 unspecified atom stereocenters. The van der Waals surface area contributed by atoms with Crippen molar-refractivity contribution in [2.45, 2.75) is 63.6 Å². The number of alkyl halides is 2. The summed E-state index contributed by atoms with van der Waals surface area (Å²) in [6.45, 7) is 4.67. The molecule has 4 aliphatic rings. The van der Waals surface area contributed by atoms with E-state index in [1.165, 1.54) is 18.2 Å². The molecule has 4 aliphatic carbocycles. The van der Waals surface area contributed by atoms with E-state index >= 15 is 8.78 Å². The Bertz CT molecular complexity index is 750. The van der Waals surface area contributed by atoms with Crippen LogP contribution in [0.25, 0.3) is 0 Å². The molecule has 0 aliphatic heterocycles. The molecular formula is C21H28F2O4. The maximum absolute atomic E-state index is 16.8. The Balaban J connectivity index is 1.87. The molecule has 4 nitrogen and oxygen atoms in total. The van der Waals surface area contributed by atoms with Gasteiger partial charge in [-0.05, 0) is 55.7 Å². The number of allylic oxidation sites excluding steroid dienone is 4. The molecule has 0 aromatic carbocycles. The minimum atomic E-state index is -2.14. The Kier molecular flexibility index (Phi) is 3.90. The molecule has 3 N–H and O–H groups in total. The van der Waals surface area contributed by atoms with Crippen LogP contribution in [0.5, 0.6) is 0 Å². The molecular weight excluding hydrogens is 354 g/mol. The van der Waals surface area contributed by atoms with Gasteiger partial charge in [0, 0.05) is 16.7 Å². The van der Waals surface area contributed by atoms with Crippen LogP contribution in [0.2, 0.25) is 0 Å². The standard InChI is InChI=1S/C21H28F2O4/c1-11-6-13-14-8-16(22)15-7-12(25)4-5-18(15,2)21(14,23)17(26)9-19(13,3)20(11,27)10-24/h4-5,7,11,13-14,16-17,24,26-27H,6,8-10H2,1-3H3/t11-,13?,14?,16+,17+,18?,19?,20-,21+/m1/s1. The fourth-order valence-electron chi connectivity index (χ4n) is 6.96. The highest BCUT2D eigenvalue weighted by Gasteiger charge is 2.75. The number of carbonyl (C=O) groups is 1. The van der Waals surface area contributed by atoms with Gasteiger partial charge in [-0.1, -0.05) is 19.9 Å². The summed E-state index contributed by atoms with van der Waals surface area (Å²) in [5.74, 6) is -1.85. The molecule has 0 bridgehead atoms. The lowest BCUT2D eigenvalue weighted by Gasteiger charge is -2.63. The highest BCUT2D eigenvalue weighted by atomic mass is 19.1. The molecule has 0 amide bonds. The van der Waals surface area contributed by atoms with Crippen molar-refractivity contribution >= 4 is 5.78 Å². The molecule has 150 valence electrons. The van der Waals surface area contributed by atoms with Gasteiger partial charge in [-0.2, -0.15) is 0 Å². The number of hydrogen-bond donors (Lipinski definition) is 3. The predicted molar refractivity (Wildman–Crippen MR) is 95.2 cm³/mol. The molecule has 6 heteroatoms. The van der Waals surface area contributed by atoms with Crippen LogP contribution in [0.15, 0.2) is 23.8 Å². The van der Waals surface area contributed by atoms with Crippen LogP contribution in [-0.2, 0) is 4.79 Å². The first kappa shape index (κ1) is 19.2. The van der Waals surface area contributed by atoms with Gasteiger partial charge < -0.3 is 15.3 Å². The Labute approximate surface area is 158 Å². The average Bonchev–Trinajstić information content (AvgIpc) is 2.80. The SMILES string of the molecule is C[C@@H]1CC2C3C[C@H](F)C4=CC(=O)C=CC4(C)[C@@]3(F)[C@@H](O)CC2(C)[C@@]1(O)CO. The van der Waals surface area contributed by atoms with Crippen molar-refractivity contribution in [3.63, 3.8) is 0 Å². The number of aliphatic hydroxyl groups is 3. The minimum Gasteiger partial charge on any atom is -0.393 e. The summed E-state index contributed by atoms with van der Waals surface area (Å²) in [6.07, 6.45) is 1.22. The zero-order valence-electron chi connectivity index (χ0n) is 16.0. The first-order valence-electron chi connectivity index (χ1n) is 9.75. The molecule has 27 heavy (non-hydrogen) atoms. The number of carbonyl (C=O) groups excluding carboxylic acids is 1. The first-order valence-corrected chi connectivity index (χ1v) is 9.75. The van der Waals surface area contributed by atoms with Crippen molar-refractivity contribution in [1.82, 2.24) is 0 Å². The lowest BCUT2D eigenvalue weighted by Crippen LogP contribution is -2.70. The van der Waals surface area contributed by atoms with E-state index in [2.05, 4.69) is 0 Å². The number of aliphatic hydroxyl groups excluding tert-OH is 2. The van der Waals surface area contributed by atoms with Crippen LogP contribution >= 0.6 is 0 Å². The van der Waals surface area contributed by atoms with Crippen molar-refractivity contribution in [3.05, 3.63) is 23.8 Å². The van der Waals surface area contributed by atoms with Crippen LogP contribution in [-0.4, -0.2) is 51.3 Å². The summed E-state index contributed by atoms with van der Waals surface area (Å²) in [7, 11) is 0. The maximum Gasteiger partial charge on any atom is 0.178 e. The van der Waals surface area contributed by atoms with E-state index in [-0.39, 0.29) is 36.0 Å². The monoisotopic (exact) mass is 382 g/mol. The fraction of sp³-hybridized carbons (Fsp3) is 0.762. The highest BCUT2D eigenvalue weighted by Crippen LogP contribution is 2.70. The van der Waals surface area contributed by atoms with E-state index in [9.17, 15) is 20.1 Å². The van der Waals surface area contributed by atoms with Crippen LogP contribution in [0, 0.1) is 28.6 Å². The van der Waals surface area contributed by atoms with E-state index in [1.54, 1.807) is 13.8 Å².